The van der Waals surface area contributed by atoms with Gasteiger partial charge in [-0.2, -0.15) is 5.26 Å². The van der Waals surface area contributed by atoms with E-state index in [1.807, 2.05) is 30.3 Å². The van der Waals surface area contributed by atoms with Crippen LogP contribution in [0.5, 0.6) is 0 Å². The van der Waals surface area contributed by atoms with Crippen molar-refractivity contribution in [3.8, 4) is 79.3 Å². The Balaban J connectivity index is 0.0000000951. The SMILES string of the molecule is N#Cc1cccc(-c2cc(-n3c4ccccc4c4ccccc43)cc(-n3c4ccccc4c4ccccc43)c2)c1.c1cc(-c2ccc3oc4ccccc4c3c2)cc(-n2c3ccccc3c3ccccc32)c1.c1cc(-n2c3ccccc3c3ccccc32)cc(-n2c3ccccc3c3ccccc32)c1.c1ccc(-n2c3ccccc3c3cc(-c4cccc(-n5c6ccccc6c6ccccc65)c4)ccc32)cc1. The molecule has 30 rings (SSSR count). The lowest BCUT2D eigenvalue weighted by molar-refractivity contribution is 0.669. The molecule has 142 heavy (non-hydrogen) atoms. The molecule has 8 aromatic heterocycles. The first-order valence-electron chi connectivity index (χ1n) is 48.3. The molecular weight excluding hydrogens is 1730 g/mol. The molecule has 0 atom stereocenters. The van der Waals surface area contributed by atoms with Crippen LogP contribution in [0.2, 0.25) is 0 Å². The fourth-order valence-corrected chi connectivity index (χ4v) is 22.3. The first kappa shape index (κ1) is 82.2. The number of benzene rings is 22. The molecule has 0 radical (unpaired) electrons. The quantitative estimate of drug-likeness (QED) is 0.137. The van der Waals surface area contributed by atoms with Crippen molar-refractivity contribution in [3.05, 3.63) is 527 Å². The molecule has 22 aromatic carbocycles. The molecule has 0 aliphatic rings. The summed E-state index contributed by atoms with van der Waals surface area (Å²) >= 11 is 0. The van der Waals surface area contributed by atoms with Crippen LogP contribution in [0.3, 0.4) is 0 Å². The highest BCUT2D eigenvalue weighted by atomic mass is 16.3. The fourth-order valence-electron chi connectivity index (χ4n) is 22.3. The molecule has 0 saturated carbocycles. The van der Waals surface area contributed by atoms with E-state index in [1.165, 1.54) is 198 Å². The highest BCUT2D eigenvalue weighted by Crippen LogP contribution is 2.45. The van der Waals surface area contributed by atoms with E-state index >= 15 is 0 Å². The summed E-state index contributed by atoms with van der Waals surface area (Å²) in [5.74, 6) is 0. The number of aromatic nitrogens is 7. The molecule has 0 unspecified atom stereocenters. The van der Waals surface area contributed by atoms with E-state index in [9.17, 15) is 5.26 Å². The molecule has 0 saturated heterocycles. The summed E-state index contributed by atoms with van der Waals surface area (Å²) in [4.78, 5) is 0. The molecule has 9 nitrogen and oxygen atoms in total. The lowest BCUT2D eigenvalue weighted by Gasteiger charge is -2.16. The van der Waals surface area contributed by atoms with Crippen LogP contribution in [-0.4, -0.2) is 32.0 Å². The Hall–Kier alpha value is -19.3. The van der Waals surface area contributed by atoms with Crippen LogP contribution in [0.15, 0.2) is 526 Å². The molecule has 0 aliphatic heterocycles. The van der Waals surface area contributed by atoms with E-state index in [2.05, 4.69) is 529 Å². The maximum Gasteiger partial charge on any atom is 0.135 e. The van der Waals surface area contributed by atoms with Gasteiger partial charge in [-0.3, -0.25) is 0 Å². The normalized spacial score (nSPS) is 11.7. The van der Waals surface area contributed by atoms with E-state index in [-0.39, 0.29) is 0 Å². The Bertz CT molecular complexity index is 9740. The molecule has 0 N–H and O–H groups in total. The Labute approximate surface area is 817 Å². The van der Waals surface area contributed by atoms with Crippen molar-refractivity contribution in [1.29, 1.82) is 5.26 Å². The lowest BCUT2D eigenvalue weighted by Crippen LogP contribution is -2.00. The topological polar surface area (TPSA) is 71.4 Å². The van der Waals surface area contributed by atoms with Gasteiger partial charge in [0.2, 0.25) is 0 Å². The Morgan fingerprint density at radius 1 is 0.134 bits per heavy atom. The van der Waals surface area contributed by atoms with Crippen LogP contribution in [-0.2, 0) is 0 Å². The summed E-state index contributed by atoms with van der Waals surface area (Å²) in [6, 6.07) is 188. The van der Waals surface area contributed by atoms with Crippen LogP contribution in [0.1, 0.15) is 5.56 Å². The third-order valence-electron chi connectivity index (χ3n) is 28.5. The van der Waals surface area contributed by atoms with Gasteiger partial charge < -0.3 is 36.4 Å². The smallest absolute Gasteiger partial charge is 0.135 e. The first-order valence-corrected chi connectivity index (χ1v) is 48.3. The Kier molecular flexibility index (Phi) is 19.8. The summed E-state index contributed by atoms with van der Waals surface area (Å²) in [6.45, 7) is 0. The van der Waals surface area contributed by atoms with E-state index in [0.717, 1.165) is 50.1 Å². The zero-order valence-electron chi connectivity index (χ0n) is 77.1. The van der Waals surface area contributed by atoms with Crippen LogP contribution < -0.4 is 0 Å². The molecule has 8 heterocycles. The molecule has 0 aliphatic carbocycles. The summed E-state index contributed by atoms with van der Waals surface area (Å²) in [5.41, 5.74) is 34.3. The van der Waals surface area contributed by atoms with Crippen molar-refractivity contribution in [2.75, 3.05) is 0 Å². The monoisotopic (exact) mass is 1810 g/mol. The second-order valence-electron chi connectivity index (χ2n) is 36.5. The number of furan rings is 1. The van der Waals surface area contributed by atoms with E-state index in [1.54, 1.807) is 0 Å². The van der Waals surface area contributed by atoms with Gasteiger partial charge in [0.25, 0.3) is 0 Å². The van der Waals surface area contributed by atoms with Gasteiger partial charge >= 0.3 is 0 Å². The number of hydrogen-bond acceptors (Lipinski definition) is 2. The average molecular weight is 1810 g/mol. The summed E-state index contributed by atoms with van der Waals surface area (Å²) in [5, 5.41) is 29.6. The molecular formula is C133H86N8O. The minimum Gasteiger partial charge on any atom is -0.456 e. The zero-order chi connectivity index (χ0) is 93.8. The minimum atomic E-state index is 0.651. The number of rotatable bonds is 10. The molecule has 9 heteroatoms. The molecule has 0 spiro atoms. The van der Waals surface area contributed by atoms with Crippen molar-refractivity contribution in [2.45, 2.75) is 0 Å². The van der Waals surface area contributed by atoms with Crippen LogP contribution in [0.25, 0.3) is 248 Å². The minimum absolute atomic E-state index is 0.651. The number of para-hydroxylation sites is 15. The Morgan fingerprint density at radius 2 is 0.352 bits per heavy atom. The van der Waals surface area contributed by atoms with Crippen LogP contribution >= 0.6 is 0 Å². The standard InChI is InChI=1S/C37H23N3.C36H24N2.C30H20N2.C30H19NO/c38-24-25-10-9-11-26(20-25)27-21-28(39-34-16-5-1-12-30(34)31-13-2-6-17-35(31)39)23-29(22-27)40-36-18-7-3-14-32(36)33-15-4-8-19-37(33)40;1-2-12-27(13-3-1)37-35-20-9-6-17-31(35)32-24-26(21-22-36(32)37)25-11-10-14-28(23-25)38-33-18-7-4-15-29(33)30-16-5-8-19-34(30)38;1-5-16-27-23(12-1)24-13-2-6-17-28(24)31(27)21-10-9-11-22(20-21)32-29-18-7-3-14-25(29)26-15-4-8-19-30(26)32;1-4-13-27-23(10-1)24-11-2-5-14-28(24)31(27)22-9-7-8-20(18-22)21-16-17-30-26(19-21)25-12-3-6-15-29(25)32-30/h1-23H;1-24H;1-20H;1-19H. The molecule has 664 valence electrons. The summed E-state index contributed by atoms with van der Waals surface area (Å²) in [7, 11) is 0. The molecule has 0 amide bonds. The van der Waals surface area contributed by atoms with Crippen molar-refractivity contribution >= 4 is 175 Å². The van der Waals surface area contributed by atoms with Gasteiger partial charge in [-0.15, -0.1) is 0 Å². The predicted octanol–water partition coefficient (Wildman–Crippen LogP) is 35.2. The van der Waals surface area contributed by atoms with Crippen LogP contribution in [0.4, 0.5) is 0 Å². The van der Waals surface area contributed by atoms with Crippen molar-refractivity contribution in [3.63, 3.8) is 0 Å². The number of nitrogens with zero attached hydrogens (tertiary/aromatic N) is 8. The largest absolute Gasteiger partial charge is 0.456 e. The third kappa shape index (κ3) is 13.8. The molecule has 0 bridgehead atoms. The number of hydrogen-bond donors (Lipinski definition) is 0. The van der Waals surface area contributed by atoms with Crippen molar-refractivity contribution < 1.29 is 4.42 Å². The van der Waals surface area contributed by atoms with Gasteiger partial charge in [0.15, 0.2) is 0 Å². The lowest BCUT2D eigenvalue weighted by atomic mass is 10.0. The fraction of sp³-hybridized carbons (Fsp3) is 0. The first-order chi connectivity index (χ1) is 70.4. The van der Waals surface area contributed by atoms with Gasteiger partial charge in [-0.25, -0.2) is 0 Å². The Morgan fingerprint density at radius 3 is 0.697 bits per heavy atom. The third-order valence-corrected chi connectivity index (χ3v) is 28.5. The van der Waals surface area contributed by atoms with Gasteiger partial charge in [-0.1, -0.05) is 328 Å². The van der Waals surface area contributed by atoms with Gasteiger partial charge in [0.1, 0.15) is 11.2 Å². The van der Waals surface area contributed by atoms with Crippen molar-refractivity contribution in [2.24, 2.45) is 0 Å². The summed E-state index contributed by atoms with van der Waals surface area (Å²) in [6.07, 6.45) is 0. The van der Waals surface area contributed by atoms with E-state index in [0.29, 0.717) is 5.56 Å². The zero-order valence-corrected chi connectivity index (χ0v) is 77.1. The maximum absolute atomic E-state index is 9.63. The van der Waals surface area contributed by atoms with Crippen LogP contribution in [0, 0.1) is 11.3 Å². The highest BCUT2D eigenvalue weighted by molar-refractivity contribution is 6.17. The number of fused-ring (bicyclic) bond motifs is 24. The molecule has 0 fully saturated rings. The van der Waals surface area contributed by atoms with Gasteiger partial charge in [-0.05, 0) is 228 Å². The predicted molar refractivity (Wildman–Crippen MR) is 594 cm³/mol. The second kappa shape index (κ2) is 34.2. The maximum atomic E-state index is 9.63. The van der Waals surface area contributed by atoms with Crippen molar-refractivity contribution in [1.82, 2.24) is 32.0 Å². The van der Waals surface area contributed by atoms with Gasteiger partial charge in [0.05, 0.1) is 88.9 Å². The molecule has 30 aromatic rings. The van der Waals surface area contributed by atoms with E-state index < -0.39 is 0 Å². The second-order valence-corrected chi connectivity index (χ2v) is 36.5. The summed E-state index contributed by atoms with van der Waals surface area (Å²) < 4.78 is 22.6. The van der Waals surface area contributed by atoms with Gasteiger partial charge in [0, 0.05) is 126 Å². The highest BCUT2D eigenvalue weighted by Gasteiger charge is 2.23. The number of nitriles is 1. The average Bonchev–Trinajstić information content (AvgIpc) is 1.57. The van der Waals surface area contributed by atoms with E-state index in [4.69, 9.17) is 4.42 Å².